The molecule has 19 heavy (non-hydrogen) atoms. The highest BCUT2D eigenvalue weighted by Gasteiger charge is 2.28. The largest absolute Gasteiger partial charge is 0.491 e. The van der Waals surface area contributed by atoms with Crippen LogP contribution in [0.5, 0.6) is 5.75 Å². The van der Waals surface area contributed by atoms with Crippen LogP contribution in [0.15, 0.2) is 22.7 Å². The van der Waals surface area contributed by atoms with E-state index in [0.29, 0.717) is 11.6 Å². The monoisotopic (exact) mass is 368 g/mol. The predicted octanol–water partition coefficient (Wildman–Crippen LogP) is 3.78. The number of benzene rings is 1. The zero-order chi connectivity index (χ0) is 14.7. The lowest BCUT2D eigenvalue weighted by Crippen LogP contribution is -2.32. The Hall–Kier alpha value is -0.260. The Kier molecular flexibility index (Phi) is 5.71. The molecule has 0 radical (unpaired) electrons. The molecule has 0 saturated carbocycles. The van der Waals surface area contributed by atoms with Gasteiger partial charge in [0.2, 0.25) is 0 Å². The molecule has 0 bridgehead atoms. The summed E-state index contributed by atoms with van der Waals surface area (Å²) in [6.07, 6.45) is 0. The van der Waals surface area contributed by atoms with Crippen LogP contribution in [0.4, 0.5) is 0 Å². The number of hydrogen-bond acceptors (Lipinski definition) is 3. The van der Waals surface area contributed by atoms with E-state index in [0.717, 1.165) is 10.0 Å². The zero-order valence-corrected chi connectivity index (χ0v) is 14.4. The van der Waals surface area contributed by atoms with Crippen LogP contribution < -0.4 is 4.74 Å². The maximum Gasteiger partial charge on any atom is 0.158 e. The lowest BCUT2D eigenvalue weighted by atomic mass is 10.2. The zero-order valence-electron chi connectivity index (χ0n) is 11.2. The summed E-state index contributed by atoms with van der Waals surface area (Å²) < 4.78 is 29.4. The summed E-state index contributed by atoms with van der Waals surface area (Å²) in [4.78, 5) is 0. The number of sulfone groups is 1. The van der Waals surface area contributed by atoms with Crippen molar-refractivity contribution in [2.75, 3.05) is 12.4 Å². The Morgan fingerprint density at radius 3 is 2.42 bits per heavy atom. The molecular weight excluding hydrogens is 352 g/mol. The van der Waals surface area contributed by atoms with Crippen molar-refractivity contribution in [2.24, 2.45) is 0 Å². The van der Waals surface area contributed by atoms with E-state index in [-0.39, 0.29) is 12.4 Å². The lowest BCUT2D eigenvalue weighted by Gasteiger charge is -2.19. The van der Waals surface area contributed by atoms with Crippen LogP contribution in [-0.2, 0) is 15.7 Å². The minimum Gasteiger partial charge on any atom is -0.491 e. The number of alkyl halides is 1. The molecule has 0 fully saturated rings. The van der Waals surface area contributed by atoms with E-state index in [4.69, 9.17) is 16.3 Å². The van der Waals surface area contributed by atoms with E-state index in [2.05, 4.69) is 15.9 Å². The summed E-state index contributed by atoms with van der Waals surface area (Å²) in [6, 6.07) is 5.50. The number of rotatable bonds is 5. The van der Waals surface area contributed by atoms with Crippen molar-refractivity contribution in [3.8, 4) is 5.75 Å². The minimum absolute atomic E-state index is 0.000196. The van der Waals surface area contributed by atoms with Crippen molar-refractivity contribution >= 4 is 37.4 Å². The summed E-state index contributed by atoms with van der Waals surface area (Å²) in [7, 11) is -3.15. The first-order valence-corrected chi connectivity index (χ1v) is 8.85. The molecule has 0 aliphatic carbocycles. The summed E-state index contributed by atoms with van der Waals surface area (Å²) in [5.74, 6) is 1.05. The lowest BCUT2D eigenvalue weighted by molar-refractivity contribution is 0.337. The van der Waals surface area contributed by atoms with E-state index in [1.807, 2.05) is 12.1 Å². The first kappa shape index (κ1) is 16.8. The fourth-order valence-corrected chi connectivity index (χ4v) is 2.93. The Bertz CT molecular complexity index is 535. The molecule has 6 heteroatoms. The fraction of sp³-hybridized carbons (Fsp3) is 0.538. The average molecular weight is 370 g/mol. The van der Waals surface area contributed by atoms with Crippen LogP contribution in [0.3, 0.4) is 0 Å². The number of ether oxygens (including phenoxy) is 1. The van der Waals surface area contributed by atoms with E-state index in [1.165, 1.54) is 0 Å². The van der Waals surface area contributed by atoms with Crippen LogP contribution in [-0.4, -0.2) is 25.5 Å². The van der Waals surface area contributed by atoms with Crippen LogP contribution in [0.1, 0.15) is 26.3 Å². The second-order valence-corrected chi connectivity index (χ2v) is 9.16. The van der Waals surface area contributed by atoms with Gasteiger partial charge < -0.3 is 4.74 Å². The highest BCUT2D eigenvalue weighted by Crippen LogP contribution is 2.27. The topological polar surface area (TPSA) is 43.4 Å². The molecule has 0 amide bonds. The molecule has 0 N–H and O–H groups in total. The Morgan fingerprint density at radius 1 is 1.32 bits per heavy atom. The van der Waals surface area contributed by atoms with Gasteiger partial charge in [0.1, 0.15) is 12.4 Å². The van der Waals surface area contributed by atoms with Crippen molar-refractivity contribution in [1.29, 1.82) is 0 Å². The van der Waals surface area contributed by atoms with Crippen LogP contribution in [0, 0.1) is 0 Å². The summed E-state index contributed by atoms with van der Waals surface area (Å²) in [5.41, 5.74) is 0.975. The first-order valence-electron chi connectivity index (χ1n) is 5.87. The smallest absolute Gasteiger partial charge is 0.158 e. The predicted molar refractivity (Wildman–Crippen MR) is 82.7 cm³/mol. The minimum atomic E-state index is -3.15. The van der Waals surface area contributed by atoms with Gasteiger partial charge in [-0.25, -0.2) is 8.42 Å². The standard InChI is InChI=1S/C13H18BrClO3S/c1-13(2,3)19(16,17)7-6-18-12-5-4-10(9-15)8-11(12)14/h4-5,8H,6-7,9H2,1-3H3. The molecule has 0 aliphatic heterocycles. The molecule has 108 valence electrons. The van der Waals surface area contributed by atoms with Crippen molar-refractivity contribution in [2.45, 2.75) is 31.4 Å². The second kappa shape index (κ2) is 6.46. The van der Waals surface area contributed by atoms with Crippen molar-refractivity contribution < 1.29 is 13.2 Å². The van der Waals surface area contributed by atoms with Crippen molar-refractivity contribution in [1.82, 2.24) is 0 Å². The molecule has 0 unspecified atom stereocenters. The van der Waals surface area contributed by atoms with Gasteiger partial charge in [0.25, 0.3) is 0 Å². The van der Waals surface area contributed by atoms with Gasteiger partial charge in [0, 0.05) is 5.88 Å². The molecule has 0 aromatic heterocycles. The molecule has 0 atom stereocenters. The van der Waals surface area contributed by atoms with E-state index in [9.17, 15) is 8.42 Å². The quantitative estimate of drug-likeness (QED) is 0.742. The second-order valence-electron chi connectivity index (χ2n) is 5.18. The van der Waals surface area contributed by atoms with E-state index in [1.54, 1.807) is 26.8 Å². The van der Waals surface area contributed by atoms with Crippen LogP contribution >= 0.6 is 27.5 Å². The van der Waals surface area contributed by atoms with Gasteiger partial charge in [-0.3, -0.25) is 0 Å². The summed E-state index contributed by atoms with van der Waals surface area (Å²) in [5, 5.41) is 0. The third-order valence-corrected chi connectivity index (χ3v) is 6.19. The molecule has 0 aliphatic rings. The third kappa shape index (κ3) is 4.65. The normalized spacial score (nSPS) is 12.5. The summed E-state index contributed by atoms with van der Waals surface area (Å²) >= 11 is 9.10. The summed E-state index contributed by atoms with van der Waals surface area (Å²) in [6.45, 7) is 5.20. The SMILES string of the molecule is CC(C)(C)S(=O)(=O)CCOc1ccc(CCl)cc1Br. The van der Waals surface area contributed by atoms with Gasteiger partial charge in [-0.05, 0) is 54.4 Å². The van der Waals surface area contributed by atoms with Gasteiger partial charge >= 0.3 is 0 Å². The van der Waals surface area contributed by atoms with Crippen LogP contribution in [0.25, 0.3) is 0 Å². The van der Waals surface area contributed by atoms with Gasteiger partial charge in [-0.2, -0.15) is 0 Å². The molecule has 0 saturated heterocycles. The fourth-order valence-electron chi connectivity index (χ4n) is 1.31. The van der Waals surface area contributed by atoms with Gasteiger partial charge in [0.05, 0.1) is 15.0 Å². The number of hydrogen-bond donors (Lipinski definition) is 0. The highest BCUT2D eigenvalue weighted by atomic mass is 79.9. The third-order valence-electron chi connectivity index (χ3n) is 2.69. The molecule has 1 aromatic rings. The molecule has 0 heterocycles. The first-order chi connectivity index (χ1) is 8.67. The molecular formula is C13H18BrClO3S. The van der Waals surface area contributed by atoms with Gasteiger partial charge in [-0.1, -0.05) is 6.07 Å². The molecule has 0 spiro atoms. The molecule has 3 nitrogen and oxygen atoms in total. The number of halogens is 2. The Labute approximate surface area is 128 Å². The highest BCUT2D eigenvalue weighted by molar-refractivity contribution is 9.10. The maximum atomic E-state index is 11.9. The van der Waals surface area contributed by atoms with Crippen molar-refractivity contribution in [3.63, 3.8) is 0 Å². The van der Waals surface area contributed by atoms with Crippen LogP contribution in [0.2, 0.25) is 0 Å². The molecule has 1 aromatic carbocycles. The Morgan fingerprint density at radius 2 is 1.95 bits per heavy atom. The maximum absolute atomic E-state index is 11.9. The van der Waals surface area contributed by atoms with Gasteiger partial charge in [-0.15, -0.1) is 11.6 Å². The van der Waals surface area contributed by atoms with Crippen molar-refractivity contribution in [3.05, 3.63) is 28.2 Å². The Balaban J connectivity index is 2.64. The van der Waals surface area contributed by atoms with E-state index < -0.39 is 14.6 Å². The van der Waals surface area contributed by atoms with E-state index >= 15 is 0 Å². The van der Waals surface area contributed by atoms with Gasteiger partial charge in [0.15, 0.2) is 9.84 Å². The average Bonchev–Trinajstić information content (AvgIpc) is 2.29. The molecule has 1 rings (SSSR count).